The molecule has 1 aromatic rings. The van der Waals surface area contributed by atoms with Gasteiger partial charge < -0.3 is 19.3 Å². The summed E-state index contributed by atoms with van der Waals surface area (Å²) in [6.07, 6.45) is 2.29. The Morgan fingerprint density at radius 3 is 2.81 bits per heavy atom. The van der Waals surface area contributed by atoms with Crippen LogP contribution in [0.2, 0.25) is 0 Å². The van der Waals surface area contributed by atoms with Crippen molar-refractivity contribution in [2.24, 2.45) is 5.92 Å². The van der Waals surface area contributed by atoms with E-state index in [4.69, 9.17) is 9.47 Å². The van der Waals surface area contributed by atoms with Gasteiger partial charge in [-0.15, -0.1) is 0 Å². The molecule has 1 spiro atoms. The number of amides is 2. The van der Waals surface area contributed by atoms with Crippen LogP contribution in [-0.2, 0) is 9.59 Å². The van der Waals surface area contributed by atoms with Crippen LogP contribution in [0.15, 0.2) is 18.2 Å². The molecule has 2 bridgehead atoms. The Morgan fingerprint density at radius 2 is 2.04 bits per heavy atom. The molecule has 1 aliphatic carbocycles. The number of nitriles is 1. The number of hydrogen-bond donors (Lipinski definition) is 0. The Balaban J connectivity index is 1.46. The van der Waals surface area contributed by atoms with Gasteiger partial charge in [0.2, 0.25) is 6.79 Å². The molecule has 6 aliphatic rings. The van der Waals surface area contributed by atoms with Gasteiger partial charge in [0.1, 0.15) is 0 Å². The quantitative estimate of drug-likeness (QED) is 0.703. The number of benzene rings is 1. The van der Waals surface area contributed by atoms with Gasteiger partial charge in [-0.25, -0.2) is 0 Å². The van der Waals surface area contributed by atoms with Crippen LogP contribution in [0.5, 0.6) is 11.5 Å². The number of ether oxygens (including phenoxy) is 2. The Morgan fingerprint density at radius 1 is 1.22 bits per heavy atom. The Hall–Kier alpha value is -2.05. The molecule has 7 nitrogen and oxygen atoms in total. The van der Waals surface area contributed by atoms with Crippen molar-refractivity contribution in [3.05, 3.63) is 23.8 Å². The van der Waals surface area contributed by atoms with Crippen LogP contribution >= 0.6 is 21.6 Å². The summed E-state index contributed by atoms with van der Waals surface area (Å²) in [6.45, 7) is 0.168. The molecule has 1 unspecified atom stereocenters. The highest BCUT2D eigenvalue weighted by atomic mass is 33.1. The van der Waals surface area contributed by atoms with Crippen molar-refractivity contribution in [3.63, 3.8) is 0 Å². The van der Waals surface area contributed by atoms with Crippen LogP contribution in [-0.4, -0.2) is 44.7 Å². The van der Waals surface area contributed by atoms with E-state index in [0.717, 1.165) is 18.4 Å². The highest BCUT2D eigenvalue weighted by molar-refractivity contribution is 8.78. The highest BCUT2D eigenvalue weighted by Crippen LogP contribution is 2.64. The first-order valence-corrected chi connectivity index (χ1v) is 11.1. The van der Waals surface area contributed by atoms with Crippen LogP contribution in [0, 0.1) is 17.2 Å². The molecule has 0 aromatic heterocycles. The van der Waals surface area contributed by atoms with Crippen molar-refractivity contribution in [2.75, 3.05) is 6.79 Å². The van der Waals surface area contributed by atoms with Crippen LogP contribution in [0.25, 0.3) is 0 Å². The Bertz CT molecular complexity index is 930. The summed E-state index contributed by atoms with van der Waals surface area (Å²) in [5, 5.41) is 9.36. The van der Waals surface area contributed by atoms with E-state index in [0.29, 0.717) is 17.9 Å². The fourth-order valence-corrected chi connectivity index (χ4v) is 8.04. The van der Waals surface area contributed by atoms with E-state index in [2.05, 4.69) is 6.07 Å². The number of piperazine rings is 1. The number of fused-ring (bicyclic) bond motifs is 3. The monoisotopic (exact) mass is 401 g/mol. The number of nitrogens with zero attached hydrogens (tertiary/aromatic N) is 3. The summed E-state index contributed by atoms with van der Waals surface area (Å²) in [5.74, 6) is 0.789. The van der Waals surface area contributed by atoms with Crippen molar-refractivity contribution < 1.29 is 19.1 Å². The normalized spacial score (nSPS) is 36.2. The minimum absolute atomic E-state index is 0.00171. The van der Waals surface area contributed by atoms with E-state index >= 15 is 0 Å². The first-order valence-electron chi connectivity index (χ1n) is 8.94. The van der Waals surface area contributed by atoms with Gasteiger partial charge in [0.15, 0.2) is 21.7 Å². The fraction of sp³-hybridized carbons (Fsp3) is 0.500. The van der Waals surface area contributed by atoms with Gasteiger partial charge in [-0.2, -0.15) is 5.26 Å². The number of hydrogen-bond acceptors (Lipinski definition) is 7. The summed E-state index contributed by atoms with van der Waals surface area (Å²) in [5.41, 5.74) is 0.819. The molecule has 138 valence electrons. The largest absolute Gasteiger partial charge is 0.454 e. The maximum atomic E-state index is 13.4. The van der Waals surface area contributed by atoms with E-state index in [1.165, 1.54) is 21.6 Å². The van der Waals surface area contributed by atoms with Crippen LogP contribution in [0.1, 0.15) is 30.9 Å². The molecule has 1 saturated carbocycles. The molecule has 5 heterocycles. The van der Waals surface area contributed by atoms with Crippen molar-refractivity contribution in [3.8, 4) is 17.6 Å². The average Bonchev–Trinajstić information content (AvgIpc) is 3.29. The van der Waals surface area contributed by atoms with Crippen LogP contribution in [0.4, 0.5) is 0 Å². The maximum absolute atomic E-state index is 13.4. The fourth-order valence-electron chi connectivity index (χ4n) is 4.59. The molecule has 4 atom stereocenters. The Labute approximate surface area is 163 Å². The van der Waals surface area contributed by atoms with Crippen LogP contribution < -0.4 is 9.47 Å². The van der Waals surface area contributed by atoms with E-state index in [9.17, 15) is 14.9 Å². The van der Waals surface area contributed by atoms with Crippen molar-refractivity contribution in [1.29, 1.82) is 5.26 Å². The van der Waals surface area contributed by atoms with E-state index in [1.54, 1.807) is 9.80 Å². The second-order valence-corrected chi connectivity index (χ2v) is 10.0. The molecule has 5 aliphatic heterocycles. The SMILES string of the molecule is N#CC1C[C@@]23SS[C@@H](C(=O)N2[C@H]1c1ccc2c(c1)OCO2)N(C1CC1)C3=O. The average molecular weight is 401 g/mol. The zero-order valence-electron chi connectivity index (χ0n) is 14.2. The van der Waals surface area contributed by atoms with Gasteiger partial charge in [-0.1, -0.05) is 27.7 Å². The van der Waals surface area contributed by atoms with Gasteiger partial charge in [0, 0.05) is 12.5 Å². The number of carbonyl (C=O) groups is 2. The smallest absolute Gasteiger partial charge is 0.261 e. The summed E-state index contributed by atoms with van der Waals surface area (Å²) in [4.78, 5) is 29.3. The minimum atomic E-state index is -0.972. The summed E-state index contributed by atoms with van der Waals surface area (Å²) >= 11 is 0. The predicted molar refractivity (Wildman–Crippen MR) is 97.4 cm³/mol. The molecule has 0 N–H and O–H groups in total. The molecule has 27 heavy (non-hydrogen) atoms. The molecule has 0 radical (unpaired) electrons. The lowest BCUT2D eigenvalue weighted by molar-refractivity contribution is -0.160. The van der Waals surface area contributed by atoms with E-state index in [-0.39, 0.29) is 24.6 Å². The van der Waals surface area contributed by atoms with Crippen molar-refractivity contribution in [1.82, 2.24) is 9.80 Å². The first-order chi connectivity index (χ1) is 13.1. The van der Waals surface area contributed by atoms with Gasteiger partial charge in [-0.3, -0.25) is 9.59 Å². The second-order valence-electron chi connectivity index (χ2n) is 7.47. The lowest BCUT2D eigenvalue weighted by atomic mass is 9.94. The van der Waals surface area contributed by atoms with E-state index < -0.39 is 22.2 Å². The third-order valence-electron chi connectivity index (χ3n) is 5.94. The lowest BCUT2D eigenvalue weighted by Gasteiger charge is -2.54. The molecule has 7 rings (SSSR count). The topological polar surface area (TPSA) is 82.9 Å². The highest BCUT2D eigenvalue weighted by Gasteiger charge is 2.70. The van der Waals surface area contributed by atoms with Gasteiger partial charge in [0.25, 0.3) is 11.8 Å². The van der Waals surface area contributed by atoms with E-state index in [1.807, 2.05) is 18.2 Å². The molecule has 9 heteroatoms. The Kier molecular flexibility index (Phi) is 3.11. The predicted octanol–water partition coefficient (Wildman–Crippen LogP) is 2.25. The molecule has 1 aromatic carbocycles. The minimum Gasteiger partial charge on any atom is -0.454 e. The van der Waals surface area contributed by atoms with Gasteiger partial charge in [-0.05, 0) is 30.5 Å². The second kappa shape index (κ2) is 5.26. The van der Waals surface area contributed by atoms with Gasteiger partial charge >= 0.3 is 0 Å². The third-order valence-corrected chi connectivity index (χ3v) is 9.12. The number of carbonyl (C=O) groups excluding carboxylic acids is 2. The third kappa shape index (κ3) is 1.95. The lowest BCUT2D eigenvalue weighted by Crippen LogP contribution is -2.70. The zero-order valence-corrected chi connectivity index (χ0v) is 15.8. The maximum Gasteiger partial charge on any atom is 0.261 e. The zero-order chi connectivity index (χ0) is 18.3. The standard InChI is InChI=1S/C18H15N3O4S2/c19-7-10-6-18-17(23)20(11-2-3-11)16(26-27-18)15(22)21(18)14(10)9-1-4-12-13(5-9)25-8-24-12/h1,4-5,10-11,14,16H,2-3,6,8H2/t10?,14-,16-,18-/m0/s1. The van der Waals surface area contributed by atoms with Gasteiger partial charge in [0.05, 0.1) is 18.0 Å². The molecular formula is C18H15N3O4S2. The van der Waals surface area contributed by atoms with Crippen molar-refractivity contribution >= 4 is 33.4 Å². The summed E-state index contributed by atoms with van der Waals surface area (Å²) in [6, 6.07) is 7.62. The van der Waals surface area contributed by atoms with Crippen molar-refractivity contribution in [2.45, 2.75) is 41.6 Å². The first kappa shape index (κ1) is 16.0. The summed E-state index contributed by atoms with van der Waals surface area (Å²) in [7, 11) is 2.93. The summed E-state index contributed by atoms with van der Waals surface area (Å²) < 4.78 is 10.8. The van der Waals surface area contributed by atoms with Crippen LogP contribution in [0.3, 0.4) is 0 Å². The molecular weight excluding hydrogens is 386 g/mol. The molecule has 2 amide bonds. The molecule has 4 saturated heterocycles. The molecule has 5 fully saturated rings. The number of rotatable bonds is 2.